The molecule has 1 atom stereocenters. The number of unbranched alkanes of at least 4 members (excludes halogenated alkanes) is 1. The van der Waals surface area contributed by atoms with E-state index >= 15 is 0 Å². The van der Waals surface area contributed by atoms with E-state index in [9.17, 15) is 0 Å². The van der Waals surface area contributed by atoms with Crippen LogP contribution in [0.25, 0.3) is 0 Å². The standard InChI is InChI=1S/C9H21NS/c1-3-6-9(10)7-4-5-8-11-2/h9H,3-8,10H2,1-2H3. The van der Waals surface area contributed by atoms with Crippen LogP contribution in [0.3, 0.4) is 0 Å². The molecule has 11 heavy (non-hydrogen) atoms. The van der Waals surface area contributed by atoms with Crippen molar-refractivity contribution in [2.24, 2.45) is 5.73 Å². The minimum atomic E-state index is 0.460. The quantitative estimate of drug-likeness (QED) is 0.602. The van der Waals surface area contributed by atoms with Crippen molar-refractivity contribution in [3.63, 3.8) is 0 Å². The van der Waals surface area contributed by atoms with Crippen LogP contribution in [-0.2, 0) is 0 Å². The average molecular weight is 175 g/mol. The second kappa shape index (κ2) is 8.41. The zero-order valence-electron chi connectivity index (χ0n) is 7.81. The van der Waals surface area contributed by atoms with E-state index in [2.05, 4.69) is 13.2 Å². The number of hydrogen-bond donors (Lipinski definition) is 1. The molecule has 0 radical (unpaired) electrons. The van der Waals surface area contributed by atoms with E-state index in [1.807, 2.05) is 11.8 Å². The summed E-state index contributed by atoms with van der Waals surface area (Å²) in [6, 6.07) is 0.460. The van der Waals surface area contributed by atoms with E-state index in [4.69, 9.17) is 5.73 Å². The molecule has 0 fully saturated rings. The Balaban J connectivity index is 2.97. The summed E-state index contributed by atoms with van der Waals surface area (Å²) < 4.78 is 0. The molecule has 0 spiro atoms. The summed E-state index contributed by atoms with van der Waals surface area (Å²) in [5.74, 6) is 1.29. The molecule has 0 aromatic rings. The molecule has 0 saturated heterocycles. The zero-order chi connectivity index (χ0) is 8.53. The monoisotopic (exact) mass is 175 g/mol. The van der Waals surface area contributed by atoms with Crippen LogP contribution in [0.4, 0.5) is 0 Å². The highest BCUT2D eigenvalue weighted by atomic mass is 32.2. The van der Waals surface area contributed by atoms with Crippen molar-refractivity contribution in [2.75, 3.05) is 12.0 Å². The van der Waals surface area contributed by atoms with Gasteiger partial charge in [0.1, 0.15) is 0 Å². The first-order chi connectivity index (χ1) is 5.31. The van der Waals surface area contributed by atoms with Gasteiger partial charge in [-0.3, -0.25) is 0 Å². The van der Waals surface area contributed by atoms with Crippen LogP contribution >= 0.6 is 11.8 Å². The van der Waals surface area contributed by atoms with Gasteiger partial charge in [-0.15, -0.1) is 0 Å². The number of thioether (sulfide) groups is 1. The summed E-state index contributed by atoms with van der Waals surface area (Å²) in [5, 5.41) is 0. The third-order valence-corrected chi connectivity index (χ3v) is 2.53. The smallest absolute Gasteiger partial charge is 0.00387 e. The Hall–Kier alpha value is 0.310. The lowest BCUT2D eigenvalue weighted by Gasteiger charge is -2.08. The van der Waals surface area contributed by atoms with E-state index in [1.54, 1.807) is 0 Å². The third kappa shape index (κ3) is 8.21. The molecular formula is C9H21NS. The minimum Gasteiger partial charge on any atom is -0.328 e. The lowest BCUT2D eigenvalue weighted by Crippen LogP contribution is -2.19. The topological polar surface area (TPSA) is 26.0 Å². The van der Waals surface area contributed by atoms with Crippen molar-refractivity contribution in [1.82, 2.24) is 0 Å². The lowest BCUT2D eigenvalue weighted by atomic mass is 10.1. The van der Waals surface area contributed by atoms with E-state index in [1.165, 1.54) is 37.9 Å². The van der Waals surface area contributed by atoms with Crippen LogP contribution in [0.2, 0.25) is 0 Å². The molecule has 2 N–H and O–H groups in total. The highest BCUT2D eigenvalue weighted by molar-refractivity contribution is 7.98. The fraction of sp³-hybridized carbons (Fsp3) is 1.00. The molecule has 0 aliphatic rings. The molecule has 0 aromatic heterocycles. The predicted octanol–water partition coefficient (Wildman–Crippen LogP) is 2.65. The largest absolute Gasteiger partial charge is 0.328 e. The van der Waals surface area contributed by atoms with Gasteiger partial charge in [0.05, 0.1) is 0 Å². The molecule has 0 aromatic carbocycles. The Labute approximate surface area is 75.1 Å². The molecule has 1 nitrogen and oxygen atoms in total. The fourth-order valence-corrected chi connectivity index (χ4v) is 1.66. The normalized spacial score (nSPS) is 13.4. The van der Waals surface area contributed by atoms with Gasteiger partial charge >= 0.3 is 0 Å². The number of hydrogen-bond acceptors (Lipinski definition) is 2. The van der Waals surface area contributed by atoms with Crippen LogP contribution in [0.15, 0.2) is 0 Å². The SMILES string of the molecule is CCCC(N)CCCCSC. The fourth-order valence-electron chi connectivity index (χ4n) is 1.17. The Morgan fingerprint density at radius 1 is 1.27 bits per heavy atom. The maximum atomic E-state index is 5.86. The maximum absolute atomic E-state index is 5.86. The van der Waals surface area contributed by atoms with Gasteiger partial charge in [0, 0.05) is 6.04 Å². The van der Waals surface area contributed by atoms with Crippen LogP contribution in [0.1, 0.15) is 39.0 Å². The van der Waals surface area contributed by atoms with Gasteiger partial charge in [0.25, 0.3) is 0 Å². The summed E-state index contributed by atoms with van der Waals surface area (Å²) >= 11 is 1.93. The Kier molecular flexibility index (Phi) is 8.64. The Morgan fingerprint density at radius 2 is 2.00 bits per heavy atom. The first kappa shape index (κ1) is 11.3. The molecule has 0 heterocycles. The molecule has 0 rings (SSSR count). The minimum absolute atomic E-state index is 0.460. The van der Waals surface area contributed by atoms with Crippen LogP contribution in [0, 0.1) is 0 Å². The van der Waals surface area contributed by atoms with Crippen LogP contribution in [-0.4, -0.2) is 18.1 Å². The molecule has 0 bridgehead atoms. The lowest BCUT2D eigenvalue weighted by molar-refractivity contribution is 0.536. The first-order valence-electron chi connectivity index (χ1n) is 4.55. The summed E-state index contributed by atoms with van der Waals surface area (Å²) in [6.07, 6.45) is 8.43. The number of rotatable bonds is 7. The second-order valence-corrected chi connectivity index (χ2v) is 4.02. The predicted molar refractivity (Wildman–Crippen MR) is 55.1 cm³/mol. The van der Waals surface area contributed by atoms with Crippen molar-refractivity contribution in [3.8, 4) is 0 Å². The molecule has 68 valence electrons. The third-order valence-electron chi connectivity index (χ3n) is 1.83. The van der Waals surface area contributed by atoms with Gasteiger partial charge < -0.3 is 5.73 Å². The number of nitrogens with two attached hydrogens (primary N) is 1. The maximum Gasteiger partial charge on any atom is 0.00387 e. The average Bonchev–Trinajstić information content (AvgIpc) is 1.99. The summed E-state index contributed by atoms with van der Waals surface area (Å²) in [6.45, 7) is 2.20. The molecule has 0 amide bonds. The van der Waals surface area contributed by atoms with Gasteiger partial charge in [0.15, 0.2) is 0 Å². The highest BCUT2D eigenvalue weighted by Gasteiger charge is 1.99. The molecule has 0 aliphatic carbocycles. The molecule has 0 saturated carbocycles. The molecule has 0 aliphatic heterocycles. The van der Waals surface area contributed by atoms with Gasteiger partial charge in [-0.25, -0.2) is 0 Å². The zero-order valence-corrected chi connectivity index (χ0v) is 8.62. The first-order valence-corrected chi connectivity index (χ1v) is 5.95. The molecule has 1 unspecified atom stereocenters. The van der Waals surface area contributed by atoms with Crippen LogP contribution < -0.4 is 5.73 Å². The van der Waals surface area contributed by atoms with E-state index in [-0.39, 0.29) is 0 Å². The summed E-state index contributed by atoms with van der Waals surface area (Å²) in [7, 11) is 0. The van der Waals surface area contributed by atoms with Crippen LogP contribution in [0.5, 0.6) is 0 Å². The van der Waals surface area contributed by atoms with Gasteiger partial charge in [-0.1, -0.05) is 19.8 Å². The Bertz CT molecular complexity index is 76.0. The molecule has 2 heteroatoms. The second-order valence-electron chi connectivity index (χ2n) is 3.04. The summed E-state index contributed by atoms with van der Waals surface area (Å²) in [4.78, 5) is 0. The van der Waals surface area contributed by atoms with E-state index < -0.39 is 0 Å². The van der Waals surface area contributed by atoms with Crippen molar-refractivity contribution in [3.05, 3.63) is 0 Å². The van der Waals surface area contributed by atoms with E-state index in [0.29, 0.717) is 6.04 Å². The van der Waals surface area contributed by atoms with Crippen molar-refractivity contribution in [1.29, 1.82) is 0 Å². The van der Waals surface area contributed by atoms with E-state index in [0.717, 1.165) is 0 Å². The van der Waals surface area contributed by atoms with Crippen molar-refractivity contribution < 1.29 is 0 Å². The van der Waals surface area contributed by atoms with Gasteiger partial charge in [-0.05, 0) is 31.3 Å². The van der Waals surface area contributed by atoms with Gasteiger partial charge in [0.2, 0.25) is 0 Å². The summed E-state index contributed by atoms with van der Waals surface area (Å²) in [5.41, 5.74) is 5.86. The van der Waals surface area contributed by atoms with Gasteiger partial charge in [-0.2, -0.15) is 11.8 Å². The highest BCUT2D eigenvalue weighted by Crippen LogP contribution is 2.06. The molecular weight excluding hydrogens is 154 g/mol. The van der Waals surface area contributed by atoms with Crippen molar-refractivity contribution >= 4 is 11.8 Å². The Morgan fingerprint density at radius 3 is 2.55 bits per heavy atom. The van der Waals surface area contributed by atoms with Crippen molar-refractivity contribution in [2.45, 2.75) is 45.1 Å².